The second kappa shape index (κ2) is 13.0. The van der Waals surface area contributed by atoms with Crippen LogP contribution in [0.15, 0.2) is 18.5 Å². The van der Waals surface area contributed by atoms with Crippen LogP contribution in [0.2, 0.25) is 0 Å². The first kappa shape index (κ1) is 34.2. The molecule has 4 rings (SSSR count). The monoisotopic (exact) mass is 672 g/mol. The summed E-state index contributed by atoms with van der Waals surface area (Å²) in [5.74, 6) is 2.51. The maximum absolute atomic E-state index is 12.6. The highest BCUT2D eigenvalue weighted by Gasteiger charge is 2.58. The lowest BCUT2D eigenvalue weighted by Gasteiger charge is -2.41. The highest BCUT2D eigenvalue weighted by Crippen LogP contribution is 2.62. The van der Waals surface area contributed by atoms with Gasteiger partial charge in [-0.1, -0.05) is 5.92 Å². The first-order valence-electron chi connectivity index (χ1n) is 12.2. The number of rotatable bonds is 11. The number of nitrogen functional groups attached to an aromatic ring is 1. The molecular weight excluding hydrogens is 642 g/mol. The average Bonchev–Trinajstić information content (AvgIpc) is 3.50. The number of aliphatic hydroxyl groups is 6. The van der Waals surface area contributed by atoms with Crippen LogP contribution >= 0.6 is 14.5 Å². The lowest BCUT2D eigenvalue weighted by molar-refractivity contribution is -0.292. The quantitative estimate of drug-likeness (QED) is 0.0832. The number of phosphoric acid groups is 1. The number of fused-ring (bicyclic) bond motifs is 1. The fourth-order valence-corrected chi connectivity index (χ4v) is 7.77. The molecule has 240 valence electrons. The zero-order chi connectivity index (χ0) is 31.9. The normalized spacial score (nSPS) is 36.6. The summed E-state index contributed by atoms with van der Waals surface area (Å²) in [4.78, 5) is 24.6. The third-order valence-electron chi connectivity index (χ3n) is 6.85. The van der Waals surface area contributed by atoms with Gasteiger partial charge in [0, 0.05) is 7.11 Å². The molecule has 2 saturated heterocycles. The lowest BCUT2D eigenvalue weighted by Crippen LogP contribution is -2.61. The molecule has 2 aliphatic heterocycles. The summed E-state index contributed by atoms with van der Waals surface area (Å²) < 4.78 is 44.8. The summed E-state index contributed by atoms with van der Waals surface area (Å²) in [6.45, 7) is -6.40. The van der Waals surface area contributed by atoms with Crippen LogP contribution in [0.1, 0.15) is 11.8 Å². The molecule has 43 heavy (non-hydrogen) atoms. The van der Waals surface area contributed by atoms with Crippen molar-refractivity contribution in [3.05, 3.63) is 24.2 Å². The topological polar surface area (TPSA) is 290 Å². The van der Waals surface area contributed by atoms with E-state index in [9.17, 15) is 39.9 Å². The van der Waals surface area contributed by atoms with Gasteiger partial charge in [0.2, 0.25) is 0 Å². The van der Waals surface area contributed by atoms with E-state index in [0.29, 0.717) is 11.2 Å². The fraction of sp³-hybridized carbons (Fsp3) is 0.619. The Balaban J connectivity index is 1.46. The van der Waals surface area contributed by atoms with Crippen LogP contribution in [0.5, 0.6) is 0 Å². The van der Waals surface area contributed by atoms with Gasteiger partial charge < -0.3 is 64.9 Å². The van der Waals surface area contributed by atoms with E-state index in [0.717, 1.165) is 0 Å². The molecule has 0 aromatic carbocycles. The summed E-state index contributed by atoms with van der Waals surface area (Å²) in [7, 11) is -4.25. The molecule has 0 radical (unpaired) electrons. The van der Waals surface area contributed by atoms with E-state index in [4.69, 9.17) is 47.8 Å². The number of hydrogen-bond acceptors (Lipinski definition) is 17. The van der Waals surface area contributed by atoms with Crippen molar-refractivity contribution >= 4 is 37.7 Å². The molecule has 0 saturated carbocycles. The van der Waals surface area contributed by atoms with E-state index in [1.807, 2.05) is 0 Å². The van der Waals surface area contributed by atoms with Gasteiger partial charge in [-0.3, -0.25) is 4.52 Å². The Hall–Kier alpha value is -1.70. The van der Waals surface area contributed by atoms with E-state index in [1.165, 1.54) is 18.0 Å². The molecule has 22 heteroatoms. The van der Waals surface area contributed by atoms with E-state index in [1.54, 1.807) is 12.1 Å². The number of aromatic nitrogens is 3. The van der Waals surface area contributed by atoms with Crippen molar-refractivity contribution in [3.63, 3.8) is 0 Å². The molecule has 0 aliphatic carbocycles. The third-order valence-corrected chi connectivity index (χ3v) is 10.4. The molecule has 0 spiro atoms. The largest absolute Gasteiger partial charge is 0.481 e. The Kier molecular flexibility index (Phi) is 10.3. The minimum atomic E-state index is -5.47. The highest BCUT2D eigenvalue weighted by atomic mass is 32.5. The summed E-state index contributed by atoms with van der Waals surface area (Å²) in [6.07, 6.45) is -9.09. The summed E-state index contributed by atoms with van der Waals surface area (Å²) in [6, 6.07) is 3.15. The number of anilines is 1. The minimum Gasteiger partial charge on any atom is -0.394 e. The van der Waals surface area contributed by atoms with E-state index in [2.05, 4.69) is 24.8 Å². The molecule has 2 aromatic rings. The fourth-order valence-electron chi connectivity index (χ4n) is 4.68. The van der Waals surface area contributed by atoms with Gasteiger partial charge in [0.1, 0.15) is 60.7 Å². The molecule has 19 nitrogen and oxygen atoms in total. The van der Waals surface area contributed by atoms with E-state index >= 15 is 0 Å². The summed E-state index contributed by atoms with van der Waals surface area (Å²) >= 11 is 4.79. The number of methoxy groups -OCH3 is 1. The van der Waals surface area contributed by atoms with Crippen molar-refractivity contribution in [1.82, 2.24) is 14.6 Å². The molecule has 12 atom stereocenters. The first-order chi connectivity index (χ1) is 20.1. The molecule has 7 unspecified atom stereocenters. The number of hydrogen-bond donors (Lipinski definition) is 9. The molecule has 2 aliphatic rings. The average molecular weight is 672 g/mol. The minimum absolute atomic E-state index is 0.147. The summed E-state index contributed by atoms with van der Waals surface area (Å²) in [5, 5.41) is 64.2. The Morgan fingerprint density at radius 2 is 1.93 bits per heavy atom. The predicted octanol–water partition coefficient (Wildman–Crippen LogP) is -3.34. The van der Waals surface area contributed by atoms with Crippen LogP contribution in [0.4, 0.5) is 5.82 Å². The van der Waals surface area contributed by atoms with Crippen LogP contribution in [0, 0.1) is 12.3 Å². The van der Waals surface area contributed by atoms with Crippen LogP contribution in [0.3, 0.4) is 0 Å². The molecular formula is C21H30N4O15P2S. The van der Waals surface area contributed by atoms with Gasteiger partial charge in [0.25, 0.3) is 0 Å². The standard InChI is InChI=1S/C21H30N4O15P2S/c1-3-21(35-2)17(31)12(37-18(21)9-4-5-10-19(22)23-8-24-25(9)10)7-36-42(34,43)40-41(32,33)39-20-15(30)13(28)14(29)16(38-20)11(27)6-26/h1,4-5,8,11-18,20,26-31H,6-7H2,2H3,(H,32,33)(H,34,43)(H2,22,23,24)/t11-,12+,13?,14?,15?,16?,17+,18-,20?,21+,42?/m0/s1. The van der Waals surface area contributed by atoms with Crippen molar-refractivity contribution in [2.24, 2.45) is 0 Å². The number of terminal acetylenes is 1. The number of phosphoric ester groups is 1. The van der Waals surface area contributed by atoms with Crippen molar-refractivity contribution < 1.29 is 72.6 Å². The first-order valence-corrected chi connectivity index (χ1v) is 16.3. The third kappa shape index (κ3) is 6.65. The van der Waals surface area contributed by atoms with Gasteiger partial charge in [0.15, 0.2) is 17.7 Å². The number of nitrogens with zero attached hydrogens (tertiary/aromatic N) is 3. The second-order valence-electron chi connectivity index (χ2n) is 9.45. The highest BCUT2D eigenvalue weighted by molar-refractivity contribution is 8.08. The van der Waals surface area contributed by atoms with Crippen molar-refractivity contribution in [2.45, 2.75) is 60.7 Å². The van der Waals surface area contributed by atoms with Crippen molar-refractivity contribution in [2.75, 3.05) is 26.1 Å². The van der Waals surface area contributed by atoms with Crippen LogP contribution in [-0.2, 0) is 43.9 Å². The van der Waals surface area contributed by atoms with Crippen LogP contribution < -0.4 is 5.73 Å². The molecule has 2 aromatic heterocycles. The number of aliphatic hydroxyl groups excluding tert-OH is 6. The van der Waals surface area contributed by atoms with Gasteiger partial charge in [0.05, 0.1) is 18.9 Å². The van der Waals surface area contributed by atoms with E-state index in [-0.39, 0.29) is 5.82 Å². The Bertz CT molecular complexity index is 1440. The van der Waals surface area contributed by atoms with Crippen LogP contribution in [0.25, 0.3) is 5.52 Å². The second-order valence-corrected chi connectivity index (χ2v) is 13.8. The van der Waals surface area contributed by atoms with Gasteiger partial charge in [-0.15, -0.1) is 6.42 Å². The molecule has 0 bridgehead atoms. The molecule has 0 amide bonds. The van der Waals surface area contributed by atoms with E-state index < -0.39 is 88.5 Å². The molecule has 10 N–H and O–H groups in total. The molecule has 4 heterocycles. The number of nitrogens with two attached hydrogens (primary N) is 1. The van der Waals surface area contributed by atoms with Crippen molar-refractivity contribution in [1.29, 1.82) is 0 Å². The summed E-state index contributed by atoms with van der Waals surface area (Å²) in [5.41, 5.74) is 4.78. The van der Waals surface area contributed by atoms with Gasteiger partial charge >= 0.3 is 14.5 Å². The maximum atomic E-state index is 12.6. The Morgan fingerprint density at radius 3 is 2.56 bits per heavy atom. The van der Waals surface area contributed by atoms with Crippen molar-refractivity contribution in [3.8, 4) is 12.3 Å². The van der Waals surface area contributed by atoms with Gasteiger partial charge in [-0.25, -0.2) is 18.4 Å². The zero-order valence-corrected chi connectivity index (χ0v) is 24.7. The Morgan fingerprint density at radius 1 is 1.23 bits per heavy atom. The smallest absolute Gasteiger partial charge is 0.394 e. The predicted molar refractivity (Wildman–Crippen MR) is 144 cm³/mol. The van der Waals surface area contributed by atoms with Gasteiger partial charge in [-0.2, -0.15) is 5.10 Å². The maximum Gasteiger partial charge on any atom is 0.481 e. The lowest BCUT2D eigenvalue weighted by atomic mass is 9.89. The zero-order valence-electron chi connectivity index (χ0n) is 22.1. The van der Waals surface area contributed by atoms with Crippen LogP contribution in [-0.4, -0.2) is 130 Å². The molecule has 2 fully saturated rings. The van der Waals surface area contributed by atoms with Gasteiger partial charge in [-0.05, 0) is 23.9 Å². The number of ether oxygens (including phenoxy) is 3. The SMILES string of the molecule is C#C[C@@]1(OC)[C@H](O)[C@@H](COP(O)(=S)OP(=O)(O)OC2OC([C@@H](O)CO)C(O)C(O)C2O)O[C@H]1c1ccc2c(N)ncnn12. The Labute approximate surface area is 248 Å².